The number of hydrogen-bond acceptors (Lipinski definition) is 8. The lowest BCUT2D eigenvalue weighted by molar-refractivity contribution is -0.275. The number of carbonyl (C=O) groups is 2. The van der Waals surface area contributed by atoms with Crippen molar-refractivity contribution >= 4 is 38.0 Å². The van der Waals surface area contributed by atoms with Crippen molar-refractivity contribution in [2.45, 2.75) is 22.4 Å². The van der Waals surface area contributed by atoms with Gasteiger partial charge in [0.1, 0.15) is 25.6 Å². The van der Waals surface area contributed by atoms with Gasteiger partial charge in [-0.3, -0.25) is 9.59 Å². The number of carbonyl (C=O) groups excluding carboxylic acids is 2. The van der Waals surface area contributed by atoms with Gasteiger partial charge in [0.25, 0.3) is 5.91 Å². The van der Waals surface area contributed by atoms with Crippen molar-refractivity contribution in [1.82, 2.24) is 0 Å². The molecule has 0 aliphatic carbocycles. The molecule has 2 amide bonds. The van der Waals surface area contributed by atoms with Crippen molar-refractivity contribution in [3.8, 4) is 11.5 Å². The van der Waals surface area contributed by atoms with Crippen LogP contribution in [-0.2, 0) is 14.6 Å². The molecule has 14 heteroatoms. The second kappa shape index (κ2) is 9.11. The molecule has 0 radical (unpaired) electrons. The summed E-state index contributed by atoms with van der Waals surface area (Å²) in [5, 5.41) is 11.1. The number of alkyl halides is 3. The highest BCUT2D eigenvalue weighted by Crippen LogP contribution is 2.40. The normalized spacial score (nSPS) is 12.8. The van der Waals surface area contributed by atoms with Crippen LogP contribution in [0, 0.1) is 5.92 Å². The molecule has 0 spiro atoms. The molecular weight excluding hydrogens is 465 g/mol. The van der Waals surface area contributed by atoms with E-state index in [0.717, 1.165) is 24.3 Å². The quantitative estimate of drug-likeness (QED) is 0.523. The third kappa shape index (κ3) is 5.65. The van der Waals surface area contributed by atoms with Crippen LogP contribution >= 0.6 is 11.3 Å². The van der Waals surface area contributed by atoms with E-state index in [4.69, 9.17) is 15.6 Å². The van der Waals surface area contributed by atoms with Crippen molar-refractivity contribution in [2.75, 3.05) is 19.0 Å². The molecule has 0 saturated heterocycles. The fraction of sp³-hybridized carbons (Fsp3) is 0.294. The number of aliphatic hydroxyl groups excluding tert-OH is 1. The van der Waals surface area contributed by atoms with Crippen molar-refractivity contribution in [2.24, 2.45) is 11.7 Å². The fourth-order valence-electron chi connectivity index (χ4n) is 2.24. The molecule has 1 unspecified atom stereocenters. The average Bonchev–Trinajstić information content (AvgIpc) is 3.11. The molecule has 0 fully saturated rings. The maximum atomic E-state index is 13.1. The summed E-state index contributed by atoms with van der Waals surface area (Å²) in [6, 6.07) is 3.50. The van der Waals surface area contributed by atoms with Crippen LogP contribution in [0.5, 0.6) is 11.5 Å². The van der Waals surface area contributed by atoms with Gasteiger partial charge in [0, 0.05) is 6.07 Å². The van der Waals surface area contributed by atoms with Gasteiger partial charge in [-0.15, -0.1) is 24.5 Å². The number of sulfone groups is 1. The van der Waals surface area contributed by atoms with E-state index in [9.17, 15) is 31.2 Å². The summed E-state index contributed by atoms with van der Waals surface area (Å²) in [7, 11) is -3.48. The van der Waals surface area contributed by atoms with Crippen LogP contribution < -0.4 is 20.5 Å². The lowest BCUT2D eigenvalue weighted by atomic mass is 10.2. The lowest BCUT2D eigenvalue weighted by Gasteiger charge is -2.14. The first-order chi connectivity index (χ1) is 14.3. The number of rotatable bonds is 8. The number of anilines is 1. The first-order valence-corrected chi connectivity index (χ1v) is 10.6. The summed E-state index contributed by atoms with van der Waals surface area (Å²) in [5.74, 6) is -3.76. The molecule has 31 heavy (non-hydrogen) atoms. The molecule has 4 N–H and O–H groups in total. The SMILES string of the molecule is COc1ccc(OC(F)(F)F)c(S(=O)(=O)c2cc(C(N)=O)c(NC(=O)C(C)CO)s2)c1. The molecule has 0 bridgehead atoms. The Balaban J connectivity index is 2.61. The van der Waals surface area contributed by atoms with E-state index in [2.05, 4.69) is 10.1 Å². The van der Waals surface area contributed by atoms with Crippen LogP contribution in [0.25, 0.3) is 0 Å². The van der Waals surface area contributed by atoms with Gasteiger partial charge in [-0.2, -0.15) is 0 Å². The van der Waals surface area contributed by atoms with Crippen LogP contribution in [0.1, 0.15) is 17.3 Å². The van der Waals surface area contributed by atoms with Gasteiger partial charge >= 0.3 is 6.36 Å². The number of thiophene rings is 1. The molecule has 2 rings (SSSR count). The number of amides is 2. The van der Waals surface area contributed by atoms with E-state index < -0.39 is 55.4 Å². The van der Waals surface area contributed by atoms with Gasteiger partial charge in [0.15, 0.2) is 0 Å². The van der Waals surface area contributed by atoms with E-state index in [-0.39, 0.29) is 16.3 Å². The molecule has 0 aliphatic heterocycles. The Morgan fingerprint density at radius 3 is 2.45 bits per heavy atom. The number of nitrogens with two attached hydrogens (primary N) is 1. The van der Waals surface area contributed by atoms with Crippen molar-refractivity contribution < 1.29 is 45.8 Å². The topological polar surface area (TPSA) is 145 Å². The zero-order chi connectivity index (χ0) is 23.6. The fourth-order valence-corrected chi connectivity index (χ4v) is 5.13. The number of hydrogen-bond donors (Lipinski definition) is 3. The van der Waals surface area contributed by atoms with Crippen LogP contribution in [0.3, 0.4) is 0 Å². The standard InChI is InChI=1S/C17H17F3N2O7S2/c1-8(7-23)15(25)22-16-10(14(21)24)6-13(30-16)31(26,27)12-5-9(28-2)3-4-11(12)29-17(18,19)20/h3-6,8,23H,7H2,1-2H3,(H2,21,24)(H,22,25). The summed E-state index contributed by atoms with van der Waals surface area (Å²) in [4.78, 5) is 22.9. The smallest absolute Gasteiger partial charge is 0.497 e. The summed E-state index contributed by atoms with van der Waals surface area (Å²) in [6.45, 7) is 0.859. The predicted molar refractivity (Wildman–Crippen MR) is 103 cm³/mol. The molecular formula is C17H17F3N2O7S2. The number of nitrogens with one attached hydrogen (secondary N) is 1. The van der Waals surface area contributed by atoms with E-state index in [1.54, 1.807) is 0 Å². The van der Waals surface area contributed by atoms with Gasteiger partial charge < -0.3 is 25.6 Å². The van der Waals surface area contributed by atoms with Gasteiger partial charge in [-0.05, 0) is 18.2 Å². The highest BCUT2D eigenvalue weighted by molar-refractivity contribution is 7.93. The van der Waals surface area contributed by atoms with Crippen LogP contribution in [0.2, 0.25) is 0 Å². The Labute approximate surface area is 178 Å². The van der Waals surface area contributed by atoms with Crippen LogP contribution in [0.4, 0.5) is 18.2 Å². The monoisotopic (exact) mass is 482 g/mol. The summed E-state index contributed by atoms with van der Waals surface area (Å²) >= 11 is 0.406. The lowest BCUT2D eigenvalue weighted by Crippen LogP contribution is -2.24. The minimum Gasteiger partial charge on any atom is -0.497 e. The summed E-state index contributed by atoms with van der Waals surface area (Å²) < 4.78 is 72.5. The molecule has 1 aromatic heterocycles. The number of benzene rings is 1. The van der Waals surface area contributed by atoms with Crippen molar-refractivity contribution in [1.29, 1.82) is 0 Å². The second-order valence-electron chi connectivity index (χ2n) is 6.11. The summed E-state index contributed by atoms with van der Waals surface area (Å²) in [5.41, 5.74) is 4.86. The van der Waals surface area contributed by atoms with Crippen molar-refractivity contribution in [3.05, 3.63) is 29.8 Å². The van der Waals surface area contributed by atoms with Gasteiger partial charge in [0.05, 0.1) is 25.2 Å². The second-order valence-corrected chi connectivity index (χ2v) is 9.31. The maximum Gasteiger partial charge on any atom is 0.573 e. The molecule has 1 atom stereocenters. The van der Waals surface area contributed by atoms with Gasteiger partial charge in [-0.25, -0.2) is 8.42 Å². The predicted octanol–water partition coefficient (Wildman–Crippen LogP) is 2.15. The first-order valence-electron chi connectivity index (χ1n) is 8.34. The molecule has 9 nitrogen and oxygen atoms in total. The van der Waals surface area contributed by atoms with Crippen molar-refractivity contribution in [3.63, 3.8) is 0 Å². The average molecular weight is 482 g/mol. The van der Waals surface area contributed by atoms with E-state index in [1.807, 2.05) is 0 Å². The molecule has 170 valence electrons. The van der Waals surface area contributed by atoms with E-state index >= 15 is 0 Å². The Bertz CT molecular complexity index is 1100. The third-order valence-electron chi connectivity index (χ3n) is 3.86. The Morgan fingerprint density at radius 1 is 1.29 bits per heavy atom. The molecule has 0 aliphatic rings. The highest BCUT2D eigenvalue weighted by Gasteiger charge is 2.36. The molecule has 0 saturated carbocycles. The third-order valence-corrected chi connectivity index (χ3v) is 7.16. The number of halogens is 3. The minimum atomic E-state index is -5.17. The number of primary amides is 1. The number of methoxy groups -OCH3 is 1. The van der Waals surface area contributed by atoms with E-state index in [0.29, 0.717) is 11.3 Å². The Kier molecular flexibility index (Phi) is 7.18. The largest absolute Gasteiger partial charge is 0.573 e. The molecule has 2 aromatic rings. The summed E-state index contributed by atoms with van der Waals surface area (Å²) in [6.07, 6.45) is -5.17. The number of ether oxygens (including phenoxy) is 2. The van der Waals surface area contributed by atoms with Gasteiger partial charge in [0.2, 0.25) is 15.7 Å². The van der Waals surface area contributed by atoms with Crippen LogP contribution in [-0.4, -0.2) is 45.4 Å². The molecule has 1 aromatic carbocycles. The number of aliphatic hydroxyl groups is 1. The highest BCUT2D eigenvalue weighted by atomic mass is 32.2. The maximum absolute atomic E-state index is 13.1. The van der Waals surface area contributed by atoms with Gasteiger partial charge in [-0.1, -0.05) is 6.92 Å². The van der Waals surface area contributed by atoms with Crippen LogP contribution in [0.15, 0.2) is 33.4 Å². The Hall–Kier alpha value is -2.84. The zero-order valence-electron chi connectivity index (χ0n) is 16.0. The molecule has 1 heterocycles. The van der Waals surface area contributed by atoms with E-state index in [1.165, 1.54) is 14.0 Å². The zero-order valence-corrected chi connectivity index (χ0v) is 17.7. The first kappa shape index (κ1) is 24.4. The Morgan fingerprint density at radius 2 is 1.94 bits per heavy atom. The minimum absolute atomic E-state index is 0.0647.